The van der Waals surface area contributed by atoms with Crippen molar-refractivity contribution in [1.82, 2.24) is 10.2 Å². The molecule has 0 radical (unpaired) electrons. The summed E-state index contributed by atoms with van der Waals surface area (Å²) in [6.07, 6.45) is 0. The quantitative estimate of drug-likeness (QED) is 0.717. The van der Waals surface area contributed by atoms with Crippen LogP contribution < -0.4 is 0 Å². The molecule has 3 nitrogen and oxygen atoms in total. The first-order chi connectivity index (χ1) is 8.25. The first-order valence-corrected chi connectivity index (χ1v) is 5.97. The summed E-state index contributed by atoms with van der Waals surface area (Å²) in [4.78, 5) is 0. The van der Waals surface area contributed by atoms with Crippen LogP contribution in [0.25, 0.3) is 22.2 Å². The number of aromatic nitrogens is 2. The number of phenols is 1. The van der Waals surface area contributed by atoms with E-state index in [1.807, 2.05) is 30.3 Å². The Hall–Kier alpha value is -1.81. The Morgan fingerprint density at radius 3 is 2.59 bits per heavy atom. The number of benzene rings is 2. The predicted octanol–water partition coefficient (Wildman–Crippen LogP) is 3.70. The third-order valence-electron chi connectivity index (χ3n) is 2.69. The van der Waals surface area contributed by atoms with Crippen molar-refractivity contribution in [2.75, 3.05) is 0 Å². The molecule has 84 valence electrons. The first kappa shape index (κ1) is 10.4. The Bertz CT molecular complexity index is 673. The molecule has 1 aromatic heterocycles. The van der Waals surface area contributed by atoms with Crippen LogP contribution in [0.4, 0.5) is 0 Å². The van der Waals surface area contributed by atoms with Crippen LogP contribution in [0.15, 0.2) is 46.9 Å². The molecule has 0 aliphatic carbocycles. The highest BCUT2D eigenvalue weighted by Crippen LogP contribution is 2.32. The standard InChI is InChI=1S/C13H9BrN2O/c14-9-6-4-8(5-7-9)13-12-10(15-16-13)2-1-3-11(12)17/h1-7,17H,(H,15,16). The molecule has 0 fully saturated rings. The van der Waals surface area contributed by atoms with Crippen LogP contribution in [0.5, 0.6) is 5.75 Å². The van der Waals surface area contributed by atoms with Gasteiger partial charge in [-0.25, -0.2) is 0 Å². The molecule has 0 saturated heterocycles. The highest BCUT2D eigenvalue weighted by Gasteiger charge is 2.11. The number of aromatic amines is 1. The molecule has 0 saturated carbocycles. The van der Waals surface area contributed by atoms with Gasteiger partial charge in [0.25, 0.3) is 0 Å². The molecule has 0 atom stereocenters. The third kappa shape index (κ3) is 1.70. The number of nitrogens with one attached hydrogen (secondary N) is 1. The predicted molar refractivity (Wildman–Crippen MR) is 70.9 cm³/mol. The summed E-state index contributed by atoms with van der Waals surface area (Å²) < 4.78 is 1.02. The fraction of sp³-hybridized carbons (Fsp3) is 0. The number of nitrogens with zero attached hydrogens (tertiary/aromatic N) is 1. The summed E-state index contributed by atoms with van der Waals surface area (Å²) in [5.74, 6) is 0.245. The molecule has 4 heteroatoms. The average Bonchev–Trinajstić information content (AvgIpc) is 2.75. The van der Waals surface area contributed by atoms with Crippen molar-refractivity contribution in [2.24, 2.45) is 0 Å². The van der Waals surface area contributed by atoms with E-state index in [1.54, 1.807) is 12.1 Å². The Balaban J connectivity index is 2.27. The molecule has 0 aliphatic heterocycles. The van der Waals surface area contributed by atoms with Gasteiger partial charge in [-0.05, 0) is 24.3 Å². The number of fused-ring (bicyclic) bond motifs is 1. The van der Waals surface area contributed by atoms with Gasteiger partial charge in [-0.1, -0.05) is 34.1 Å². The molecule has 0 aliphatic rings. The van der Waals surface area contributed by atoms with Gasteiger partial charge in [0.05, 0.1) is 10.9 Å². The van der Waals surface area contributed by atoms with E-state index in [-0.39, 0.29) is 5.75 Å². The molecule has 3 aromatic rings. The topological polar surface area (TPSA) is 48.9 Å². The summed E-state index contributed by atoms with van der Waals surface area (Å²) >= 11 is 3.40. The lowest BCUT2D eigenvalue weighted by molar-refractivity contribution is 0.482. The molecular formula is C13H9BrN2O. The van der Waals surface area contributed by atoms with Crippen molar-refractivity contribution in [2.45, 2.75) is 0 Å². The van der Waals surface area contributed by atoms with Crippen LogP contribution >= 0.6 is 15.9 Å². The van der Waals surface area contributed by atoms with Crippen molar-refractivity contribution in [1.29, 1.82) is 0 Å². The molecule has 0 unspecified atom stereocenters. The maximum atomic E-state index is 9.89. The van der Waals surface area contributed by atoms with E-state index < -0.39 is 0 Å². The van der Waals surface area contributed by atoms with Crippen molar-refractivity contribution in [3.63, 3.8) is 0 Å². The lowest BCUT2D eigenvalue weighted by Crippen LogP contribution is -1.78. The van der Waals surface area contributed by atoms with Gasteiger partial charge in [0.1, 0.15) is 11.4 Å². The van der Waals surface area contributed by atoms with Gasteiger partial charge >= 0.3 is 0 Å². The van der Waals surface area contributed by atoms with Crippen molar-refractivity contribution in [3.8, 4) is 17.0 Å². The second-order valence-corrected chi connectivity index (χ2v) is 4.69. The molecule has 3 rings (SSSR count). The molecule has 0 bridgehead atoms. The van der Waals surface area contributed by atoms with Gasteiger partial charge in [-0.3, -0.25) is 5.10 Å². The lowest BCUT2D eigenvalue weighted by atomic mass is 10.1. The molecule has 17 heavy (non-hydrogen) atoms. The smallest absolute Gasteiger partial charge is 0.127 e. The van der Waals surface area contributed by atoms with Crippen molar-refractivity contribution < 1.29 is 5.11 Å². The molecule has 1 heterocycles. The van der Waals surface area contributed by atoms with E-state index in [0.717, 1.165) is 26.6 Å². The van der Waals surface area contributed by atoms with Crippen LogP contribution in [0.2, 0.25) is 0 Å². The summed E-state index contributed by atoms with van der Waals surface area (Å²) in [6.45, 7) is 0. The summed E-state index contributed by atoms with van der Waals surface area (Å²) in [7, 11) is 0. The molecule has 2 aromatic carbocycles. The van der Waals surface area contributed by atoms with Crippen molar-refractivity contribution >= 4 is 26.8 Å². The lowest BCUT2D eigenvalue weighted by Gasteiger charge is -1.99. The number of phenolic OH excluding ortho intramolecular Hbond substituents is 1. The van der Waals surface area contributed by atoms with E-state index in [9.17, 15) is 5.11 Å². The van der Waals surface area contributed by atoms with E-state index in [2.05, 4.69) is 26.1 Å². The highest BCUT2D eigenvalue weighted by molar-refractivity contribution is 9.10. The largest absolute Gasteiger partial charge is 0.507 e. The van der Waals surface area contributed by atoms with Gasteiger partial charge in [-0.2, -0.15) is 5.10 Å². The zero-order chi connectivity index (χ0) is 11.8. The monoisotopic (exact) mass is 288 g/mol. The molecule has 0 amide bonds. The third-order valence-corrected chi connectivity index (χ3v) is 3.21. The van der Waals surface area contributed by atoms with Crippen LogP contribution in [-0.2, 0) is 0 Å². The van der Waals surface area contributed by atoms with Crippen molar-refractivity contribution in [3.05, 3.63) is 46.9 Å². The number of halogens is 1. The minimum absolute atomic E-state index is 0.245. The number of H-pyrrole nitrogens is 1. The number of rotatable bonds is 1. The zero-order valence-corrected chi connectivity index (χ0v) is 10.4. The summed E-state index contributed by atoms with van der Waals surface area (Å²) in [6, 6.07) is 13.2. The fourth-order valence-electron chi connectivity index (χ4n) is 1.87. The SMILES string of the molecule is Oc1cccc2[nH]nc(-c3ccc(Br)cc3)c12. The fourth-order valence-corrected chi connectivity index (χ4v) is 2.14. The van der Waals surface area contributed by atoms with Gasteiger partial charge in [0.2, 0.25) is 0 Å². The van der Waals surface area contributed by atoms with E-state index in [4.69, 9.17) is 0 Å². The number of aromatic hydroxyl groups is 1. The summed E-state index contributed by atoms with van der Waals surface area (Å²) in [5.41, 5.74) is 2.58. The van der Waals surface area contributed by atoms with Crippen LogP contribution in [0.3, 0.4) is 0 Å². The maximum absolute atomic E-state index is 9.89. The maximum Gasteiger partial charge on any atom is 0.127 e. The second kappa shape index (κ2) is 3.89. The van der Waals surface area contributed by atoms with E-state index in [0.29, 0.717) is 0 Å². The summed E-state index contributed by atoms with van der Waals surface area (Å²) in [5, 5.41) is 17.8. The Morgan fingerprint density at radius 2 is 1.82 bits per heavy atom. The zero-order valence-electron chi connectivity index (χ0n) is 8.81. The van der Waals surface area contributed by atoms with Gasteiger partial charge in [0.15, 0.2) is 0 Å². The van der Waals surface area contributed by atoms with Crippen LogP contribution in [0, 0.1) is 0 Å². The minimum atomic E-state index is 0.245. The average molecular weight is 289 g/mol. The minimum Gasteiger partial charge on any atom is -0.507 e. The Labute approximate surface area is 106 Å². The van der Waals surface area contributed by atoms with Crippen LogP contribution in [0.1, 0.15) is 0 Å². The first-order valence-electron chi connectivity index (χ1n) is 5.18. The molecule has 0 spiro atoms. The Morgan fingerprint density at radius 1 is 1.06 bits per heavy atom. The normalized spacial score (nSPS) is 10.9. The van der Waals surface area contributed by atoms with Gasteiger partial charge in [0, 0.05) is 10.0 Å². The van der Waals surface area contributed by atoms with Gasteiger partial charge < -0.3 is 5.11 Å². The van der Waals surface area contributed by atoms with E-state index >= 15 is 0 Å². The highest BCUT2D eigenvalue weighted by atomic mass is 79.9. The van der Waals surface area contributed by atoms with Gasteiger partial charge in [-0.15, -0.1) is 0 Å². The Kier molecular flexibility index (Phi) is 2.37. The molecule has 2 N–H and O–H groups in total. The number of hydrogen-bond acceptors (Lipinski definition) is 2. The second-order valence-electron chi connectivity index (χ2n) is 3.78. The van der Waals surface area contributed by atoms with Crippen LogP contribution in [-0.4, -0.2) is 15.3 Å². The number of hydrogen-bond donors (Lipinski definition) is 2. The molecular weight excluding hydrogens is 280 g/mol. The van der Waals surface area contributed by atoms with E-state index in [1.165, 1.54) is 0 Å².